The number of allylic oxidation sites excluding steroid dienone is 1. The number of aryl methyl sites for hydroxylation is 2. The van der Waals surface area contributed by atoms with Crippen molar-refractivity contribution in [1.82, 2.24) is 9.55 Å². The average molecular weight is 510 g/mol. The number of nitrogens with zero attached hydrogens (tertiary/aromatic N) is 3. The number of carbonyl (C=O) groups excluding carboxylic acids is 1. The Morgan fingerprint density at radius 2 is 1.87 bits per heavy atom. The molecule has 5 rings (SSSR count). The molecule has 0 bridgehead atoms. The highest BCUT2D eigenvalue weighted by atomic mass is 16.5. The number of hydrogen-bond donors (Lipinski definition) is 0. The molecule has 1 fully saturated rings. The predicted octanol–water partition coefficient (Wildman–Crippen LogP) is 6.46. The van der Waals surface area contributed by atoms with E-state index in [1.54, 1.807) is 7.11 Å². The van der Waals surface area contributed by atoms with Gasteiger partial charge >= 0.3 is 0 Å². The van der Waals surface area contributed by atoms with Crippen LogP contribution in [0, 0.1) is 6.92 Å². The molecule has 3 aromatic carbocycles. The largest absolute Gasteiger partial charge is 0.493 e. The number of carbonyl (C=O) groups is 1. The minimum atomic E-state index is 0.0593. The van der Waals surface area contributed by atoms with E-state index in [-0.39, 0.29) is 11.8 Å². The van der Waals surface area contributed by atoms with E-state index in [1.165, 1.54) is 0 Å². The summed E-state index contributed by atoms with van der Waals surface area (Å²) >= 11 is 0. The lowest BCUT2D eigenvalue weighted by molar-refractivity contribution is -0.117. The summed E-state index contributed by atoms with van der Waals surface area (Å²) < 4.78 is 13.9. The molecule has 1 atom stereocenters. The van der Waals surface area contributed by atoms with Crippen molar-refractivity contribution in [3.8, 4) is 11.5 Å². The number of amides is 1. The van der Waals surface area contributed by atoms with E-state index in [0.29, 0.717) is 19.6 Å². The van der Waals surface area contributed by atoms with Gasteiger partial charge in [0.25, 0.3) is 0 Å². The van der Waals surface area contributed by atoms with Crippen LogP contribution in [-0.4, -0.2) is 35.7 Å². The van der Waals surface area contributed by atoms with Gasteiger partial charge < -0.3 is 18.9 Å². The molecule has 0 radical (unpaired) electrons. The summed E-state index contributed by atoms with van der Waals surface area (Å²) in [5, 5.41) is 0. The van der Waals surface area contributed by atoms with Gasteiger partial charge in [0.05, 0.1) is 24.8 Å². The van der Waals surface area contributed by atoms with E-state index >= 15 is 0 Å². The fourth-order valence-electron chi connectivity index (χ4n) is 5.30. The van der Waals surface area contributed by atoms with Gasteiger partial charge in [-0.2, -0.15) is 0 Å². The average Bonchev–Trinajstić information content (AvgIpc) is 3.50. The van der Waals surface area contributed by atoms with Crippen molar-refractivity contribution in [3.05, 3.63) is 96.3 Å². The first-order valence-corrected chi connectivity index (χ1v) is 13.3. The SMILES string of the molecule is C=CCc1ccc(OCCCCn2c(C3CC(=O)N(c4ccccc4C)C3)nc3ccccc32)c(OC)c1. The van der Waals surface area contributed by atoms with E-state index in [2.05, 4.69) is 42.3 Å². The lowest BCUT2D eigenvalue weighted by Gasteiger charge is -2.19. The van der Waals surface area contributed by atoms with E-state index in [9.17, 15) is 4.79 Å². The third-order valence-corrected chi connectivity index (χ3v) is 7.22. The standard InChI is InChI=1S/C32H35N3O3/c1-4-11-24-16-17-29(30(20-24)37-3)38-19-10-9-18-34-28-15-8-6-13-26(28)33-32(34)25-21-31(36)35(22-25)27-14-7-5-12-23(27)2/h4-8,12-17,20,25H,1,9-11,18-19,21-22H2,2-3H3. The highest BCUT2D eigenvalue weighted by Gasteiger charge is 2.35. The van der Waals surface area contributed by atoms with Crippen molar-refractivity contribution in [2.75, 3.05) is 25.2 Å². The number of hydrogen-bond acceptors (Lipinski definition) is 4. The maximum atomic E-state index is 13.0. The third-order valence-electron chi connectivity index (χ3n) is 7.22. The molecule has 0 saturated carbocycles. The second-order valence-electron chi connectivity index (χ2n) is 9.84. The van der Waals surface area contributed by atoms with Gasteiger partial charge in [-0.1, -0.05) is 42.5 Å². The third kappa shape index (κ3) is 5.30. The molecule has 6 nitrogen and oxygen atoms in total. The van der Waals surface area contributed by atoms with Crippen molar-refractivity contribution in [2.45, 2.75) is 45.1 Å². The van der Waals surface area contributed by atoms with Crippen LogP contribution in [0.4, 0.5) is 5.69 Å². The van der Waals surface area contributed by atoms with Crippen molar-refractivity contribution < 1.29 is 14.3 Å². The molecule has 0 spiro atoms. The molecule has 1 saturated heterocycles. The first-order chi connectivity index (χ1) is 18.6. The maximum Gasteiger partial charge on any atom is 0.227 e. The number of rotatable bonds is 11. The molecular weight excluding hydrogens is 474 g/mol. The van der Waals surface area contributed by atoms with Gasteiger partial charge in [-0.3, -0.25) is 4.79 Å². The second-order valence-corrected chi connectivity index (χ2v) is 9.84. The lowest BCUT2D eigenvalue weighted by atomic mass is 10.1. The molecule has 0 aliphatic carbocycles. The van der Waals surface area contributed by atoms with Crippen molar-refractivity contribution in [2.24, 2.45) is 0 Å². The van der Waals surface area contributed by atoms with Crippen LogP contribution in [-0.2, 0) is 17.8 Å². The second kappa shape index (κ2) is 11.5. The molecule has 1 aliphatic rings. The zero-order valence-corrected chi connectivity index (χ0v) is 22.2. The Labute approximate surface area is 224 Å². The number of unbranched alkanes of at least 4 members (excludes halogenated alkanes) is 1. The summed E-state index contributed by atoms with van der Waals surface area (Å²) in [6.45, 7) is 7.93. The zero-order chi connectivity index (χ0) is 26.5. The molecule has 1 aromatic heterocycles. The number of para-hydroxylation sites is 3. The van der Waals surface area contributed by atoms with Gasteiger partial charge in [0.15, 0.2) is 11.5 Å². The van der Waals surface area contributed by atoms with Crippen LogP contribution in [0.25, 0.3) is 11.0 Å². The molecule has 6 heteroatoms. The van der Waals surface area contributed by atoms with Crippen LogP contribution >= 0.6 is 0 Å². The number of anilines is 1. The number of ether oxygens (including phenoxy) is 2. The highest BCUT2D eigenvalue weighted by molar-refractivity contribution is 5.97. The summed E-state index contributed by atoms with van der Waals surface area (Å²) in [4.78, 5) is 20.0. The van der Waals surface area contributed by atoms with Gasteiger partial charge in [0, 0.05) is 31.1 Å². The summed E-state index contributed by atoms with van der Waals surface area (Å²) in [6, 6.07) is 22.3. The van der Waals surface area contributed by atoms with Crippen LogP contribution in [0.5, 0.6) is 11.5 Å². The van der Waals surface area contributed by atoms with Crippen LogP contribution in [0.15, 0.2) is 79.4 Å². The molecule has 1 amide bonds. The number of fused-ring (bicyclic) bond motifs is 1. The minimum absolute atomic E-state index is 0.0593. The number of aromatic nitrogens is 2. The summed E-state index contributed by atoms with van der Waals surface area (Å²) in [7, 11) is 1.67. The van der Waals surface area contributed by atoms with Gasteiger partial charge in [-0.05, 0) is 67.6 Å². The van der Waals surface area contributed by atoms with Crippen molar-refractivity contribution >= 4 is 22.6 Å². The summed E-state index contributed by atoms with van der Waals surface area (Å²) in [6.07, 6.45) is 4.98. The smallest absolute Gasteiger partial charge is 0.227 e. The van der Waals surface area contributed by atoms with E-state index in [4.69, 9.17) is 14.5 Å². The first kappa shape index (κ1) is 25.6. The topological polar surface area (TPSA) is 56.6 Å². The Bertz CT molecular complexity index is 1440. The van der Waals surface area contributed by atoms with Crippen LogP contribution in [0.2, 0.25) is 0 Å². The van der Waals surface area contributed by atoms with Crippen molar-refractivity contribution in [1.29, 1.82) is 0 Å². The molecule has 4 aromatic rings. The van der Waals surface area contributed by atoms with Crippen LogP contribution < -0.4 is 14.4 Å². The molecule has 1 aliphatic heterocycles. The Morgan fingerprint density at radius 3 is 2.68 bits per heavy atom. The highest BCUT2D eigenvalue weighted by Crippen LogP contribution is 2.34. The molecule has 38 heavy (non-hydrogen) atoms. The van der Waals surface area contributed by atoms with Gasteiger partial charge in [0.1, 0.15) is 5.82 Å². The fraction of sp³-hybridized carbons (Fsp3) is 0.312. The van der Waals surface area contributed by atoms with Crippen LogP contribution in [0.3, 0.4) is 0 Å². The zero-order valence-electron chi connectivity index (χ0n) is 22.2. The molecular formula is C32H35N3O3. The van der Waals surface area contributed by atoms with E-state index < -0.39 is 0 Å². The Balaban J connectivity index is 1.27. The normalized spacial score (nSPS) is 15.3. The predicted molar refractivity (Wildman–Crippen MR) is 152 cm³/mol. The molecule has 1 unspecified atom stereocenters. The number of methoxy groups -OCH3 is 1. The van der Waals surface area contributed by atoms with E-state index in [1.807, 2.05) is 53.4 Å². The van der Waals surface area contributed by atoms with Gasteiger partial charge in [0.2, 0.25) is 5.91 Å². The monoisotopic (exact) mass is 509 g/mol. The lowest BCUT2D eigenvalue weighted by Crippen LogP contribution is -2.25. The van der Waals surface area contributed by atoms with Crippen molar-refractivity contribution in [3.63, 3.8) is 0 Å². The maximum absolute atomic E-state index is 13.0. The minimum Gasteiger partial charge on any atom is -0.493 e. The molecule has 2 heterocycles. The summed E-state index contributed by atoms with van der Waals surface area (Å²) in [5.74, 6) is 2.72. The Kier molecular flexibility index (Phi) is 7.78. The quantitative estimate of drug-likeness (QED) is 0.172. The number of imidazole rings is 1. The Morgan fingerprint density at radius 1 is 1.05 bits per heavy atom. The fourth-order valence-corrected chi connectivity index (χ4v) is 5.30. The van der Waals surface area contributed by atoms with Crippen LogP contribution in [0.1, 0.15) is 42.1 Å². The Hall–Kier alpha value is -4.06. The van der Waals surface area contributed by atoms with Gasteiger partial charge in [-0.25, -0.2) is 4.98 Å². The number of benzene rings is 3. The molecule has 0 N–H and O–H groups in total. The first-order valence-electron chi connectivity index (χ1n) is 13.3. The molecule has 196 valence electrons. The van der Waals surface area contributed by atoms with Gasteiger partial charge in [-0.15, -0.1) is 6.58 Å². The summed E-state index contributed by atoms with van der Waals surface area (Å²) in [5.41, 5.74) is 5.35. The van der Waals surface area contributed by atoms with E-state index in [0.717, 1.165) is 71.0 Å².